The number of hydrogen-bond acceptors (Lipinski definition) is 3. The standard InChI is InChI=1S/C18H24Cl2N2O2S/c1-12-5-3-4-9-22(12)18(24)16(8-10-25-2)21-17(23)14-7-6-13(19)11-15(14)20/h6-7,11-12,16H,3-5,8-10H2,1-2H3,(H,21,23). The summed E-state index contributed by atoms with van der Waals surface area (Å²) in [6.07, 6.45) is 5.76. The fourth-order valence-corrected chi connectivity index (χ4v) is 3.99. The van der Waals surface area contributed by atoms with Gasteiger partial charge in [0.25, 0.3) is 5.91 Å². The molecule has 0 radical (unpaired) electrons. The molecule has 4 nitrogen and oxygen atoms in total. The van der Waals surface area contributed by atoms with E-state index in [0.717, 1.165) is 31.6 Å². The number of likely N-dealkylation sites (tertiary alicyclic amines) is 1. The van der Waals surface area contributed by atoms with Crippen molar-refractivity contribution in [2.75, 3.05) is 18.6 Å². The topological polar surface area (TPSA) is 49.4 Å². The van der Waals surface area contributed by atoms with Gasteiger partial charge >= 0.3 is 0 Å². The van der Waals surface area contributed by atoms with E-state index in [2.05, 4.69) is 12.2 Å². The highest BCUT2D eigenvalue weighted by atomic mass is 35.5. The van der Waals surface area contributed by atoms with Gasteiger partial charge in [-0.1, -0.05) is 23.2 Å². The van der Waals surface area contributed by atoms with Crippen LogP contribution in [0.5, 0.6) is 0 Å². The number of piperidine rings is 1. The summed E-state index contributed by atoms with van der Waals surface area (Å²) in [5.41, 5.74) is 0.333. The first-order valence-corrected chi connectivity index (χ1v) is 10.6. The Morgan fingerprint density at radius 3 is 2.76 bits per heavy atom. The van der Waals surface area contributed by atoms with E-state index < -0.39 is 6.04 Å². The number of nitrogens with zero attached hydrogens (tertiary/aromatic N) is 1. The quantitative estimate of drug-likeness (QED) is 0.773. The Morgan fingerprint density at radius 1 is 1.36 bits per heavy atom. The summed E-state index contributed by atoms with van der Waals surface area (Å²) in [5.74, 6) is 0.457. The molecule has 1 N–H and O–H groups in total. The van der Waals surface area contributed by atoms with Crippen molar-refractivity contribution in [3.05, 3.63) is 33.8 Å². The average Bonchev–Trinajstić information content (AvgIpc) is 2.58. The van der Waals surface area contributed by atoms with Crippen molar-refractivity contribution in [1.82, 2.24) is 10.2 Å². The molecule has 2 amide bonds. The fourth-order valence-electron chi connectivity index (χ4n) is 3.03. The minimum Gasteiger partial charge on any atom is -0.340 e. The molecule has 0 saturated carbocycles. The molecule has 0 spiro atoms. The summed E-state index contributed by atoms with van der Waals surface area (Å²) < 4.78 is 0. The predicted molar refractivity (Wildman–Crippen MR) is 106 cm³/mol. The summed E-state index contributed by atoms with van der Waals surface area (Å²) in [6, 6.07) is 4.41. The van der Waals surface area contributed by atoms with Crippen LogP contribution in [0.4, 0.5) is 0 Å². The smallest absolute Gasteiger partial charge is 0.253 e. The molecular weight excluding hydrogens is 379 g/mol. The monoisotopic (exact) mass is 402 g/mol. The highest BCUT2D eigenvalue weighted by Gasteiger charge is 2.30. The first-order valence-electron chi connectivity index (χ1n) is 8.49. The maximum absolute atomic E-state index is 13.0. The second kappa shape index (κ2) is 9.70. The Balaban J connectivity index is 2.13. The van der Waals surface area contributed by atoms with Gasteiger partial charge in [0.1, 0.15) is 6.04 Å². The molecule has 1 aliphatic heterocycles. The minimum atomic E-state index is -0.535. The third-order valence-electron chi connectivity index (χ3n) is 4.48. The summed E-state index contributed by atoms with van der Waals surface area (Å²) in [7, 11) is 0. The number of benzene rings is 1. The van der Waals surface area contributed by atoms with Gasteiger partial charge < -0.3 is 10.2 Å². The third-order valence-corrected chi connectivity index (χ3v) is 5.67. The van der Waals surface area contributed by atoms with E-state index in [0.29, 0.717) is 17.0 Å². The Labute approximate surface area is 163 Å². The number of halogens is 2. The molecule has 138 valence electrons. The Bertz CT molecular complexity index is 627. The van der Waals surface area contributed by atoms with Crippen LogP contribution in [0.2, 0.25) is 10.0 Å². The first-order chi connectivity index (χ1) is 11.9. The second-order valence-electron chi connectivity index (χ2n) is 6.31. The van der Waals surface area contributed by atoms with Crippen molar-refractivity contribution in [3.63, 3.8) is 0 Å². The largest absolute Gasteiger partial charge is 0.340 e. The zero-order valence-electron chi connectivity index (χ0n) is 14.6. The summed E-state index contributed by atoms with van der Waals surface area (Å²) >= 11 is 13.7. The van der Waals surface area contributed by atoms with Gasteiger partial charge in [-0.05, 0) is 62.8 Å². The lowest BCUT2D eigenvalue weighted by atomic mass is 10.0. The van der Waals surface area contributed by atoms with Crippen molar-refractivity contribution < 1.29 is 9.59 Å². The van der Waals surface area contributed by atoms with Crippen LogP contribution in [-0.4, -0.2) is 47.4 Å². The Kier molecular flexibility index (Phi) is 7.91. The van der Waals surface area contributed by atoms with Crippen molar-refractivity contribution in [3.8, 4) is 0 Å². The molecule has 0 aromatic heterocycles. The summed E-state index contributed by atoms with van der Waals surface area (Å²) in [6.45, 7) is 2.83. The first kappa shape index (κ1) is 20.4. The van der Waals surface area contributed by atoms with Crippen molar-refractivity contribution >= 4 is 46.8 Å². The van der Waals surface area contributed by atoms with Gasteiger partial charge in [-0.25, -0.2) is 0 Å². The van der Waals surface area contributed by atoms with E-state index in [1.165, 1.54) is 6.07 Å². The lowest BCUT2D eigenvalue weighted by molar-refractivity contribution is -0.136. The molecule has 0 aliphatic carbocycles. The van der Waals surface area contributed by atoms with Gasteiger partial charge in [0, 0.05) is 17.6 Å². The van der Waals surface area contributed by atoms with Crippen LogP contribution in [-0.2, 0) is 4.79 Å². The zero-order chi connectivity index (χ0) is 18.4. The highest BCUT2D eigenvalue weighted by molar-refractivity contribution is 7.98. The molecular formula is C18H24Cl2N2O2S. The maximum atomic E-state index is 13.0. The van der Waals surface area contributed by atoms with E-state index in [9.17, 15) is 9.59 Å². The highest BCUT2D eigenvalue weighted by Crippen LogP contribution is 2.22. The summed E-state index contributed by atoms with van der Waals surface area (Å²) in [4.78, 5) is 27.5. The average molecular weight is 403 g/mol. The SMILES string of the molecule is CSCCC(NC(=O)c1ccc(Cl)cc1Cl)C(=O)N1CCCCC1C. The van der Waals surface area contributed by atoms with Gasteiger partial charge in [0.15, 0.2) is 0 Å². The van der Waals surface area contributed by atoms with Gasteiger partial charge in [0.05, 0.1) is 10.6 Å². The van der Waals surface area contributed by atoms with Gasteiger partial charge in [-0.15, -0.1) is 0 Å². The second-order valence-corrected chi connectivity index (χ2v) is 8.14. The number of carbonyl (C=O) groups is 2. The maximum Gasteiger partial charge on any atom is 0.253 e. The molecule has 1 aromatic rings. The molecule has 7 heteroatoms. The zero-order valence-corrected chi connectivity index (χ0v) is 16.9. The van der Waals surface area contributed by atoms with E-state index in [-0.39, 0.29) is 22.9 Å². The molecule has 1 aromatic carbocycles. The summed E-state index contributed by atoms with van der Waals surface area (Å²) in [5, 5.41) is 3.63. The molecule has 1 fully saturated rings. The van der Waals surface area contributed by atoms with Gasteiger partial charge in [-0.3, -0.25) is 9.59 Å². The van der Waals surface area contributed by atoms with Crippen molar-refractivity contribution in [2.24, 2.45) is 0 Å². The number of carbonyl (C=O) groups excluding carboxylic acids is 2. The van der Waals surface area contributed by atoms with Crippen LogP contribution < -0.4 is 5.32 Å². The number of amides is 2. The number of thioether (sulfide) groups is 1. The van der Waals surface area contributed by atoms with Crippen LogP contribution in [0.1, 0.15) is 43.0 Å². The van der Waals surface area contributed by atoms with E-state index in [4.69, 9.17) is 23.2 Å². The molecule has 2 rings (SSSR count). The number of nitrogens with one attached hydrogen (secondary N) is 1. The van der Waals surface area contributed by atoms with Gasteiger partial charge in [-0.2, -0.15) is 11.8 Å². The van der Waals surface area contributed by atoms with Gasteiger partial charge in [0.2, 0.25) is 5.91 Å². The lowest BCUT2D eigenvalue weighted by Crippen LogP contribution is -2.52. The molecule has 2 atom stereocenters. The van der Waals surface area contributed by atoms with Crippen LogP contribution in [0.15, 0.2) is 18.2 Å². The Hall–Kier alpha value is -0.910. The lowest BCUT2D eigenvalue weighted by Gasteiger charge is -2.36. The predicted octanol–water partition coefficient (Wildman–Crippen LogP) is 4.25. The van der Waals surface area contributed by atoms with Crippen LogP contribution in [0, 0.1) is 0 Å². The number of rotatable bonds is 6. The Morgan fingerprint density at radius 2 is 2.12 bits per heavy atom. The third kappa shape index (κ3) is 5.53. The minimum absolute atomic E-state index is 0.000291. The molecule has 1 aliphatic rings. The van der Waals surface area contributed by atoms with Crippen molar-refractivity contribution in [2.45, 2.75) is 44.7 Å². The molecule has 1 heterocycles. The molecule has 2 unspecified atom stereocenters. The normalized spacial score (nSPS) is 18.7. The van der Waals surface area contributed by atoms with Crippen LogP contribution in [0.3, 0.4) is 0 Å². The number of hydrogen-bond donors (Lipinski definition) is 1. The molecule has 1 saturated heterocycles. The molecule has 0 bridgehead atoms. The van der Waals surface area contributed by atoms with E-state index in [1.54, 1.807) is 23.9 Å². The van der Waals surface area contributed by atoms with Crippen molar-refractivity contribution in [1.29, 1.82) is 0 Å². The van der Waals surface area contributed by atoms with Crippen LogP contribution >= 0.6 is 35.0 Å². The van der Waals surface area contributed by atoms with E-state index >= 15 is 0 Å². The molecule has 25 heavy (non-hydrogen) atoms. The fraction of sp³-hybridized carbons (Fsp3) is 0.556. The van der Waals surface area contributed by atoms with E-state index in [1.807, 2.05) is 11.2 Å². The van der Waals surface area contributed by atoms with Crippen LogP contribution in [0.25, 0.3) is 0 Å².